The van der Waals surface area contributed by atoms with Crippen LogP contribution in [0.25, 0.3) is 11.0 Å². The molecule has 0 saturated heterocycles. The zero-order valence-electron chi connectivity index (χ0n) is 15.9. The molecule has 1 heterocycles. The molecule has 146 valence electrons. The maximum atomic E-state index is 13.0. The number of carbonyl (C=O) groups is 2. The summed E-state index contributed by atoms with van der Waals surface area (Å²) in [5, 5.41) is 0.663. The number of hydrogen-bond acceptors (Lipinski definition) is 6. The van der Waals surface area contributed by atoms with Gasteiger partial charge in [0.25, 0.3) is 5.91 Å². The number of esters is 1. The highest BCUT2D eigenvalue weighted by atomic mass is 16.5. The third-order valence-corrected chi connectivity index (χ3v) is 4.18. The highest BCUT2D eigenvalue weighted by molar-refractivity contribution is 5.96. The molecule has 0 saturated carbocycles. The van der Waals surface area contributed by atoms with Crippen LogP contribution >= 0.6 is 0 Å². The lowest BCUT2D eigenvalue weighted by atomic mass is 10.1. The molecule has 0 spiro atoms. The molecule has 1 aromatic heterocycles. The number of ether oxygens (including phenoxy) is 2. The largest absolute Gasteiger partial charge is 0.469 e. The summed E-state index contributed by atoms with van der Waals surface area (Å²) in [4.78, 5) is 38.5. The van der Waals surface area contributed by atoms with E-state index in [1.807, 2.05) is 6.92 Å². The number of nitrogens with zero attached hydrogens (tertiary/aromatic N) is 1. The number of benzene rings is 1. The third kappa shape index (κ3) is 5.40. The van der Waals surface area contributed by atoms with Crippen LogP contribution in [0.4, 0.5) is 0 Å². The van der Waals surface area contributed by atoms with Crippen LogP contribution in [0.15, 0.2) is 39.5 Å². The van der Waals surface area contributed by atoms with Gasteiger partial charge in [-0.1, -0.05) is 25.1 Å². The van der Waals surface area contributed by atoms with Gasteiger partial charge < -0.3 is 18.8 Å². The summed E-state index contributed by atoms with van der Waals surface area (Å²) in [5.41, 5.74) is -0.328. The van der Waals surface area contributed by atoms with Crippen LogP contribution in [0, 0.1) is 5.92 Å². The number of carbonyl (C=O) groups excluding carboxylic acids is 2. The molecule has 2 rings (SSSR count). The van der Waals surface area contributed by atoms with Gasteiger partial charge in [0.2, 0.25) is 0 Å². The lowest BCUT2D eigenvalue weighted by molar-refractivity contribution is -0.145. The molecule has 0 bridgehead atoms. The van der Waals surface area contributed by atoms with Gasteiger partial charge in [-0.3, -0.25) is 9.59 Å². The minimum absolute atomic E-state index is 0.0535. The van der Waals surface area contributed by atoms with Crippen molar-refractivity contribution >= 4 is 22.8 Å². The predicted octanol–water partition coefficient (Wildman–Crippen LogP) is 2.47. The van der Waals surface area contributed by atoms with Crippen LogP contribution in [-0.4, -0.2) is 50.2 Å². The van der Waals surface area contributed by atoms with Crippen LogP contribution in [0.1, 0.15) is 30.6 Å². The fourth-order valence-corrected chi connectivity index (χ4v) is 2.77. The summed E-state index contributed by atoms with van der Waals surface area (Å²) in [6.07, 6.45) is 0.590. The smallest absolute Gasteiger partial charge is 0.349 e. The molecule has 1 amide bonds. The van der Waals surface area contributed by atoms with Crippen molar-refractivity contribution in [3.05, 3.63) is 46.3 Å². The molecule has 0 aliphatic carbocycles. The van der Waals surface area contributed by atoms with Gasteiger partial charge >= 0.3 is 11.6 Å². The maximum Gasteiger partial charge on any atom is 0.349 e. The first kappa shape index (κ1) is 20.6. The van der Waals surface area contributed by atoms with Gasteiger partial charge in [-0.25, -0.2) is 4.79 Å². The predicted molar refractivity (Wildman–Crippen MR) is 101 cm³/mol. The van der Waals surface area contributed by atoms with Crippen molar-refractivity contribution < 1.29 is 23.5 Å². The number of fused-ring (bicyclic) bond motifs is 1. The summed E-state index contributed by atoms with van der Waals surface area (Å²) >= 11 is 0. The van der Waals surface area contributed by atoms with Gasteiger partial charge in [-0.15, -0.1) is 0 Å². The summed E-state index contributed by atoms with van der Waals surface area (Å²) in [6, 6.07) is 8.53. The molecule has 2 aromatic rings. The van der Waals surface area contributed by atoms with E-state index >= 15 is 0 Å². The van der Waals surface area contributed by atoms with Crippen LogP contribution < -0.4 is 5.63 Å². The SMILES string of the molecule is CCOCCCN(CC(C)C(=O)OC)C(=O)c1cc2ccccc2oc1=O. The molecular weight excluding hydrogens is 350 g/mol. The molecule has 0 fully saturated rings. The van der Waals surface area contributed by atoms with Crippen LogP contribution in [0.2, 0.25) is 0 Å². The molecule has 27 heavy (non-hydrogen) atoms. The van der Waals surface area contributed by atoms with Crippen molar-refractivity contribution in [3.63, 3.8) is 0 Å². The van der Waals surface area contributed by atoms with Crippen LogP contribution in [0.3, 0.4) is 0 Å². The summed E-state index contributed by atoms with van der Waals surface area (Å²) < 4.78 is 15.3. The molecule has 1 unspecified atom stereocenters. The zero-order valence-corrected chi connectivity index (χ0v) is 15.9. The van der Waals surface area contributed by atoms with Gasteiger partial charge in [-0.2, -0.15) is 0 Å². The molecule has 1 aromatic carbocycles. The number of para-hydroxylation sites is 1. The average Bonchev–Trinajstić information content (AvgIpc) is 2.68. The second-order valence-electron chi connectivity index (χ2n) is 6.21. The van der Waals surface area contributed by atoms with E-state index in [2.05, 4.69) is 0 Å². The standard InChI is InChI=1S/C20H25NO6/c1-4-26-11-7-10-21(13-14(2)19(23)25-3)18(22)16-12-15-8-5-6-9-17(15)27-20(16)24/h5-6,8-9,12,14H,4,7,10-11,13H2,1-3H3. The molecule has 7 nitrogen and oxygen atoms in total. The Balaban J connectivity index is 2.27. The molecule has 1 atom stereocenters. The topological polar surface area (TPSA) is 86.0 Å². The van der Waals surface area contributed by atoms with Gasteiger partial charge in [0.15, 0.2) is 0 Å². The minimum atomic E-state index is -0.695. The van der Waals surface area contributed by atoms with E-state index in [-0.39, 0.29) is 12.1 Å². The van der Waals surface area contributed by atoms with Gasteiger partial charge in [0.05, 0.1) is 13.0 Å². The number of hydrogen-bond donors (Lipinski definition) is 0. The first-order chi connectivity index (χ1) is 13.0. The Morgan fingerprint density at radius 3 is 2.70 bits per heavy atom. The Kier molecular flexibility index (Phi) is 7.55. The van der Waals surface area contributed by atoms with E-state index in [0.29, 0.717) is 37.1 Å². The monoisotopic (exact) mass is 375 g/mol. The first-order valence-corrected chi connectivity index (χ1v) is 8.95. The first-order valence-electron chi connectivity index (χ1n) is 8.95. The van der Waals surface area contributed by atoms with E-state index in [1.54, 1.807) is 31.2 Å². The Bertz CT molecular complexity index is 844. The van der Waals surface area contributed by atoms with Crippen molar-refractivity contribution in [1.29, 1.82) is 0 Å². The lowest BCUT2D eigenvalue weighted by Gasteiger charge is -2.25. The fourth-order valence-electron chi connectivity index (χ4n) is 2.77. The summed E-state index contributed by atoms with van der Waals surface area (Å²) in [7, 11) is 1.30. The van der Waals surface area contributed by atoms with Crippen molar-refractivity contribution in [2.75, 3.05) is 33.4 Å². The Morgan fingerprint density at radius 2 is 2.00 bits per heavy atom. The normalized spacial score (nSPS) is 12.0. The minimum Gasteiger partial charge on any atom is -0.469 e. The van der Waals surface area contributed by atoms with Crippen LogP contribution in [0.5, 0.6) is 0 Å². The summed E-state index contributed by atoms with van der Waals surface area (Å²) in [5.74, 6) is -1.40. The Morgan fingerprint density at radius 1 is 1.26 bits per heavy atom. The van der Waals surface area contributed by atoms with Crippen molar-refractivity contribution in [3.8, 4) is 0 Å². The average molecular weight is 375 g/mol. The third-order valence-electron chi connectivity index (χ3n) is 4.18. The second-order valence-corrected chi connectivity index (χ2v) is 6.21. The number of amides is 1. The molecule has 0 aliphatic rings. The van der Waals surface area contributed by atoms with E-state index in [4.69, 9.17) is 13.9 Å². The van der Waals surface area contributed by atoms with E-state index in [1.165, 1.54) is 18.1 Å². The van der Waals surface area contributed by atoms with Crippen molar-refractivity contribution in [2.24, 2.45) is 5.92 Å². The lowest BCUT2D eigenvalue weighted by Crippen LogP contribution is -2.40. The van der Waals surface area contributed by atoms with Gasteiger partial charge in [0, 0.05) is 31.7 Å². The molecule has 7 heteroatoms. The zero-order chi connectivity index (χ0) is 19.8. The second kappa shape index (κ2) is 9.87. The summed E-state index contributed by atoms with van der Waals surface area (Å²) in [6.45, 7) is 5.14. The van der Waals surface area contributed by atoms with Gasteiger partial charge in [-0.05, 0) is 25.5 Å². The van der Waals surface area contributed by atoms with E-state index in [9.17, 15) is 14.4 Å². The van der Waals surface area contributed by atoms with E-state index < -0.39 is 23.4 Å². The maximum absolute atomic E-state index is 13.0. The molecule has 0 N–H and O–H groups in total. The molecule has 0 radical (unpaired) electrons. The van der Waals surface area contributed by atoms with E-state index in [0.717, 1.165) is 0 Å². The molecular formula is C20H25NO6. The van der Waals surface area contributed by atoms with Crippen molar-refractivity contribution in [1.82, 2.24) is 4.90 Å². The van der Waals surface area contributed by atoms with Crippen LogP contribution in [-0.2, 0) is 14.3 Å². The number of methoxy groups -OCH3 is 1. The Labute approximate surface area is 157 Å². The Hall–Kier alpha value is -2.67. The highest BCUT2D eigenvalue weighted by Crippen LogP contribution is 2.15. The van der Waals surface area contributed by atoms with Gasteiger partial charge in [0.1, 0.15) is 11.1 Å². The number of rotatable bonds is 9. The highest BCUT2D eigenvalue weighted by Gasteiger charge is 2.25. The molecule has 0 aliphatic heterocycles. The quantitative estimate of drug-likeness (QED) is 0.380. The van der Waals surface area contributed by atoms with Crippen molar-refractivity contribution in [2.45, 2.75) is 20.3 Å². The fraction of sp³-hybridized carbons (Fsp3) is 0.450.